The first-order valence-corrected chi connectivity index (χ1v) is 3.73. The normalized spacial score (nSPS) is 10.8. The Morgan fingerprint density at radius 3 is 3.08 bits per heavy atom. The highest BCUT2D eigenvalue weighted by molar-refractivity contribution is 5.52. The third kappa shape index (κ3) is 0.931. The minimum atomic E-state index is 0.491. The van der Waals surface area contributed by atoms with Gasteiger partial charge in [0.25, 0.3) is 0 Å². The molecule has 0 aliphatic rings. The summed E-state index contributed by atoms with van der Waals surface area (Å²) in [4.78, 5) is 4.15. The van der Waals surface area contributed by atoms with Gasteiger partial charge in [0.2, 0.25) is 0 Å². The zero-order valence-corrected chi connectivity index (χ0v) is 6.57. The lowest BCUT2D eigenvalue weighted by Gasteiger charge is -1.98. The van der Waals surface area contributed by atoms with E-state index in [4.69, 9.17) is 11.5 Å². The number of nitrogen functional groups attached to an aromatic ring is 1. The molecule has 0 amide bonds. The van der Waals surface area contributed by atoms with Crippen LogP contribution in [0.5, 0.6) is 0 Å². The average Bonchev–Trinajstić information content (AvgIpc) is 2.46. The van der Waals surface area contributed by atoms with Gasteiger partial charge in [-0.3, -0.25) is 0 Å². The highest BCUT2D eigenvalue weighted by Gasteiger charge is 1.99. The molecule has 0 unspecified atom stereocenters. The van der Waals surface area contributed by atoms with E-state index in [1.807, 2.05) is 22.7 Å². The van der Waals surface area contributed by atoms with E-state index >= 15 is 0 Å². The smallest absolute Gasteiger partial charge is 0.138 e. The Hall–Kier alpha value is -1.55. The SMILES string of the molecule is NCc1cnc2cc(N)ccn12. The Kier molecular flexibility index (Phi) is 1.48. The molecular weight excluding hydrogens is 152 g/mol. The number of imidazole rings is 1. The molecule has 2 aromatic rings. The molecule has 0 fully saturated rings. The average molecular weight is 162 g/mol. The van der Waals surface area contributed by atoms with Crippen LogP contribution in [0.3, 0.4) is 0 Å². The molecule has 2 rings (SSSR count). The van der Waals surface area contributed by atoms with Gasteiger partial charge in [0.05, 0.1) is 11.9 Å². The number of fused-ring (bicyclic) bond motifs is 1. The fraction of sp³-hybridized carbons (Fsp3) is 0.125. The molecule has 0 aliphatic carbocycles. The molecule has 0 aromatic carbocycles. The van der Waals surface area contributed by atoms with Crippen molar-refractivity contribution in [2.75, 3.05) is 5.73 Å². The molecule has 62 valence electrons. The second kappa shape index (κ2) is 2.49. The molecule has 4 N–H and O–H groups in total. The summed E-state index contributed by atoms with van der Waals surface area (Å²) < 4.78 is 1.93. The number of anilines is 1. The van der Waals surface area contributed by atoms with Crippen molar-refractivity contribution < 1.29 is 0 Å². The molecule has 0 radical (unpaired) electrons. The summed E-state index contributed by atoms with van der Waals surface area (Å²) >= 11 is 0. The van der Waals surface area contributed by atoms with E-state index in [-0.39, 0.29) is 0 Å². The minimum absolute atomic E-state index is 0.491. The lowest BCUT2D eigenvalue weighted by molar-refractivity contribution is 0.960. The van der Waals surface area contributed by atoms with E-state index in [2.05, 4.69) is 4.98 Å². The second-order valence-electron chi connectivity index (χ2n) is 2.64. The van der Waals surface area contributed by atoms with Gasteiger partial charge in [-0.25, -0.2) is 4.98 Å². The highest BCUT2D eigenvalue weighted by atomic mass is 15.0. The lowest BCUT2D eigenvalue weighted by Crippen LogP contribution is -2.00. The van der Waals surface area contributed by atoms with Gasteiger partial charge in [-0.1, -0.05) is 0 Å². The van der Waals surface area contributed by atoms with Crippen LogP contribution in [0.15, 0.2) is 24.5 Å². The summed E-state index contributed by atoms with van der Waals surface area (Å²) in [5, 5.41) is 0. The van der Waals surface area contributed by atoms with E-state index in [1.54, 1.807) is 6.20 Å². The Morgan fingerprint density at radius 2 is 2.33 bits per heavy atom. The van der Waals surface area contributed by atoms with Crippen LogP contribution in [0, 0.1) is 0 Å². The summed E-state index contributed by atoms with van der Waals surface area (Å²) in [7, 11) is 0. The number of aromatic nitrogens is 2. The summed E-state index contributed by atoms with van der Waals surface area (Å²) in [6.45, 7) is 0.491. The quantitative estimate of drug-likeness (QED) is 0.636. The zero-order valence-electron chi connectivity index (χ0n) is 6.57. The Balaban J connectivity index is 2.73. The predicted molar refractivity (Wildman–Crippen MR) is 47.5 cm³/mol. The van der Waals surface area contributed by atoms with Gasteiger partial charge in [0, 0.05) is 24.5 Å². The monoisotopic (exact) mass is 162 g/mol. The standard InChI is InChI=1S/C8H10N4/c9-4-7-5-11-8-3-6(10)1-2-12(7)8/h1-3,5H,4,9-10H2. The molecule has 0 spiro atoms. The number of hydrogen-bond acceptors (Lipinski definition) is 3. The van der Waals surface area contributed by atoms with Crippen LogP contribution in [-0.2, 0) is 6.54 Å². The molecule has 0 bridgehead atoms. The summed E-state index contributed by atoms with van der Waals surface area (Å²) in [5.41, 5.74) is 13.6. The van der Waals surface area contributed by atoms with Crippen LogP contribution >= 0.6 is 0 Å². The fourth-order valence-corrected chi connectivity index (χ4v) is 1.20. The molecule has 12 heavy (non-hydrogen) atoms. The minimum Gasteiger partial charge on any atom is -0.399 e. The summed E-state index contributed by atoms with van der Waals surface area (Å²) in [6.07, 6.45) is 3.63. The number of hydrogen-bond donors (Lipinski definition) is 2. The Morgan fingerprint density at radius 1 is 1.50 bits per heavy atom. The van der Waals surface area contributed by atoms with E-state index in [1.165, 1.54) is 0 Å². The molecular formula is C8H10N4. The topological polar surface area (TPSA) is 69.3 Å². The van der Waals surface area contributed by atoms with Crippen molar-refractivity contribution in [1.29, 1.82) is 0 Å². The first kappa shape index (κ1) is 7.12. The Bertz CT molecular complexity index is 404. The van der Waals surface area contributed by atoms with E-state index < -0.39 is 0 Å². The fourth-order valence-electron chi connectivity index (χ4n) is 1.20. The van der Waals surface area contributed by atoms with Crippen LogP contribution in [0.4, 0.5) is 5.69 Å². The molecule has 4 heteroatoms. The molecule has 0 saturated carbocycles. The first-order valence-electron chi connectivity index (χ1n) is 3.73. The third-order valence-corrected chi connectivity index (χ3v) is 1.82. The molecule has 2 heterocycles. The van der Waals surface area contributed by atoms with Crippen molar-refractivity contribution in [2.45, 2.75) is 6.54 Å². The van der Waals surface area contributed by atoms with Crippen molar-refractivity contribution in [3.8, 4) is 0 Å². The third-order valence-electron chi connectivity index (χ3n) is 1.82. The maximum absolute atomic E-state index is 5.59. The van der Waals surface area contributed by atoms with Crippen molar-refractivity contribution in [3.05, 3.63) is 30.2 Å². The Labute approximate surface area is 69.8 Å². The van der Waals surface area contributed by atoms with E-state index in [0.29, 0.717) is 6.54 Å². The summed E-state index contributed by atoms with van der Waals surface area (Å²) in [5.74, 6) is 0. The lowest BCUT2D eigenvalue weighted by atomic mass is 10.4. The first-order chi connectivity index (χ1) is 5.81. The maximum atomic E-state index is 5.59. The van der Waals surface area contributed by atoms with Crippen molar-refractivity contribution in [1.82, 2.24) is 9.38 Å². The van der Waals surface area contributed by atoms with Gasteiger partial charge >= 0.3 is 0 Å². The largest absolute Gasteiger partial charge is 0.399 e. The summed E-state index contributed by atoms with van der Waals surface area (Å²) in [6, 6.07) is 3.65. The van der Waals surface area contributed by atoms with Crippen LogP contribution in [0.25, 0.3) is 5.65 Å². The van der Waals surface area contributed by atoms with Crippen LogP contribution in [0.1, 0.15) is 5.69 Å². The molecule has 4 nitrogen and oxygen atoms in total. The van der Waals surface area contributed by atoms with Gasteiger partial charge in [0.1, 0.15) is 5.65 Å². The van der Waals surface area contributed by atoms with Gasteiger partial charge < -0.3 is 15.9 Å². The van der Waals surface area contributed by atoms with Gasteiger partial charge in [-0.15, -0.1) is 0 Å². The van der Waals surface area contributed by atoms with Crippen LogP contribution < -0.4 is 11.5 Å². The van der Waals surface area contributed by atoms with Crippen LogP contribution in [-0.4, -0.2) is 9.38 Å². The number of nitrogens with zero attached hydrogens (tertiary/aromatic N) is 2. The molecule has 0 saturated heterocycles. The van der Waals surface area contributed by atoms with Crippen LogP contribution in [0.2, 0.25) is 0 Å². The highest BCUT2D eigenvalue weighted by Crippen LogP contribution is 2.09. The van der Waals surface area contributed by atoms with Gasteiger partial charge in [-0.2, -0.15) is 0 Å². The maximum Gasteiger partial charge on any atom is 0.138 e. The van der Waals surface area contributed by atoms with Gasteiger partial charge in [-0.05, 0) is 6.07 Å². The number of pyridine rings is 1. The van der Waals surface area contributed by atoms with E-state index in [0.717, 1.165) is 17.0 Å². The van der Waals surface area contributed by atoms with Crippen molar-refractivity contribution >= 4 is 11.3 Å². The van der Waals surface area contributed by atoms with Crippen molar-refractivity contribution in [3.63, 3.8) is 0 Å². The predicted octanol–water partition coefficient (Wildman–Crippen LogP) is 0.375. The van der Waals surface area contributed by atoms with E-state index in [9.17, 15) is 0 Å². The number of rotatable bonds is 1. The molecule has 2 aromatic heterocycles. The zero-order chi connectivity index (χ0) is 8.55. The van der Waals surface area contributed by atoms with Crippen molar-refractivity contribution in [2.24, 2.45) is 5.73 Å². The number of nitrogens with two attached hydrogens (primary N) is 2. The second-order valence-corrected chi connectivity index (χ2v) is 2.64. The molecule has 0 aliphatic heterocycles. The van der Waals surface area contributed by atoms with Gasteiger partial charge in [0.15, 0.2) is 0 Å². The molecule has 0 atom stereocenters.